The first-order valence-electron chi connectivity index (χ1n) is 9.96. The van der Waals surface area contributed by atoms with E-state index < -0.39 is 6.10 Å². The molecule has 0 aromatic rings. The molecule has 0 spiro atoms. The molecule has 4 aliphatic rings. The summed E-state index contributed by atoms with van der Waals surface area (Å²) in [6.07, 6.45) is 8.02. The van der Waals surface area contributed by atoms with Gasteiger partial charge >= 0.3 is 5.97 Å². The van der Waals surface area contributed by atoms with E-state index in [0.717, 1.165) is 44.9 Å². The predicted molar refractivity (Wildman–Crippen MR) is 94.6 cm³/mol. The van der Waals surface area contributed by atoms with Crippen LogP contribution in [0.1, 0.15) is 58.8 Å². The average molecular weight is 348 g/mol. The molecule has 140 valence electrons. The van der Waals surface area contributed by atoms with Crippen molar-refractivity contribution < 1.29 is 19.7 Å². The van der Waals surface area contributed by atoms with Gasteiger partial charge in [-0.3, -0.25) is 4.79 Å². The minimum absolute atomic E-state index is 0.0347. The van der Waals surface area contributed by atoms with E-state index >= 15 is 0 Å². The molecule has 3 saturated carbocycles. The summed E-state index contributed by atoms with van der Waals surface area (Å²) in [5.41, 5.74) is 1.32. The van der Waals surface area contributed by atoms with Crippen molar-refractivity contribution in [3.63, 3.8) is 0 Å². The number of fused-ring (bicyclic) bond motifs is 5. The highest BCUT2D eigenvalue weighted by molar-refractivity contribution is 5.73. The van der Waals surface area contributed by atoms with Gasteiger partial charge in [0, 0.05) is 0 Å². The van der Waals surface area contributed by atoms with Gasteiger partial charge < -0.3 is 14.9 Å². The third kappa shape index (κ3) is 2.36. The number of aliphatic hydroxyl groups is 2. The Hall–Kier alpha value is -0.870. The second kappa shape index (κ2) is 5.82. The zero-order chi connectivity index (χ0) is 18.0. The maximum Gasteiger partial charge on any atom is 0.308 e. The number of carbonyl (C=O) groups is 1. The van der Waals surface area contributed by atoms with Gasteiger partial charge in [0.05, 0.1) is 25.2 Å². The molecule has 0 saturated heterocycles. The number of ether oxygens (including phenoxy) is 1. The topological polar surface area (TPSA) is 66.8 Å². The monoisotopic (exact) mass is 348 g/mol. The minimum Gasteiger partial charge on any atom is -0.469 e. The van der Waals surface area contributed by atoms with Gasteiger partial charge in [-0.05, 0) is 73.5 Å². The number of hydrogen-bond acceptors (Lipinski definition) is 4. The van der Waals surface area contributed by atoms with Crippen molar-refractivity contribution in [2.45, 2.75) is 71.0 Å². The standard InChI is InChI=1S/C21H32O4/c1-20-8-6-12(19(24)25-3)10-13(20)11-16(22)18-14-4-5-17(23)21(14,2)9-7-15(18)20/h11-12,14-18,22-23H,4-10H2,1-3H3/t12?,14-,15-,16?,17?,18-,20-,21-/m0/s1. The number of aliphatic hydroxyl groups excluding tert-OH is 2. The molecule has 4 nitrogen and oxygen atoms in total. The Balaban J connectivity index is 1.66. The van der Waals surface area contributed by atoms with E-state index in [-0.39, 0.29) is 34.7 Å². The first-order valence-corrected chi connectivity index (χ1v) is 9.96. The Morgan fingerprint density at radius 3 is 2.60 bits per heavy atom. The maximum atomic E-state index is 12.0. The second-order valence-electron chi connectivity index (χ2n) is 9.49. The quantitative estimate of drug-likeness (QED) is 0.564. The number of hydrogen-bond donors (Lipinski definition) is 2. The first-order chi connectivity index (χ1) is 11.8. The molecular weight excluding hydrogens is 316 g/mol. The highest BCUT2D eigenvalue weighted by atomic mass is 16.5. The van der Waals surface area contributed by atoms with Gasteiger partial charge in [-0.25, -0.2) is 0 Å². The Bertz CT molecular complexity index is 599. The summed E-state index contributed by atoms with van der Waals surface area (Å²) in [6.45, 7) is 4.58. The van der Waals surface area contributed by atoms with E-state index in [0.29, 0.717) is 11.8 Å². The molecule has 0 heterocycles. The van der Waals surface area contributed by atoms with Crippen LogP contribution in [0.3, 0.4) is 0 Å². The molecule has 3 unspecified atom stereocenters. The van der Waals surface area contributed by atoms with E-state index in [1.54, 1.807) is 0 Å². The van der Waals surface area contributed by atoms with Crippen LogP contribution >= 0.6 is 0 Å². The average Bonchev–Trinajstić information content (AvgIpc) is 2.90. The van der Waals surface area contributed by atoms with Crippen LogP contribution in [0.5, 0.6) is 0 Å². The van der Waals surface area contributed by atoms with Gasteiger partial charge in [0.25, 0.3) is 0 Å². The van der Waals surface area contributed by atoms with Gasteiger partial charge in [-0.1, -0.05) is 25.5 Å². The summed E-state index contributed by atoms with van der Waals surface area (Å²) in [7, 11) is 1.46. The van der Waals surface area contributed by atoms with Gasteiger partial charge in [0.1, 0.15) is 0 Å². The largest absolute Gasteiger partial charge is 0.469 e. The molecule has 3 fully saturated rings. The van der Waals surface area contributed by atoms with Crippen LogP contribution in [-0.2, 0) is 9.53 Å². The van der Waals surface area contributed by atoms with Crippen molar-refractivity contribution in [1.82, 2.24) is 0 Å². The number of carbonyl (C=O) groups excluding carboxylic acids is 1. The van der Waals surface area contributed by atoms with E-state index in [1.165, 1.54) is 12.7 Å². The molecular formula is C21H32O4. The molecule has 0 aromatic heterocycles. The molecule has 2 N–H and O–H groups in total. The highest BCUT2D eigenvalue weighted by Crippen LogP contribution is 2.65. The number of rotatable bonds is 1. The lowest BCUT2D eigenvalue weighted by Crippen LogP contribution is -2.55. The van der Waals surface area contributed by atoms with Crippen molar-refractivity contribution in [2.75, 3.05) is 7.11 Å². The SMILES string of the molecule is COC(=O)C1CC[C@@]2(C)C(=CC(O)[C@@H]3[C@@H]2CC[C@]2(C)C(O)CC[C@@H]32)C1. The lowest BCUT2D eigenvalue weighted by molar-refractivity contribution is -0.148. The Morgan fingerprint density at radius 1 is 1.12 bits per heavy atom. The van der Waals surface area contributed by atoms with Gasteiger partial charge in [0.2, 0.25) is 0 Å². The van der Waals surface area contributed by atoms with E-state index in [2.05, 4.69) is 19.9 Å². The summed E-state index contributed by atoms with van der Waals surface area (Å²) in [4.78, 5) is 12.0. The highest BCUT2D eigenvalue weighted by Gasteiger charge is 2.60. The molecule has 0 radical (unpaired) electrons. The fourth-order valence-electron chi connectivity index (χ4n) is 6.99. The van der Waals surface area contributed by atoms with Crippen LogP contribution in [0, 0.1) is 34.5 Å². The molecule has 4 heteroatoms. The maximum absolute atomic E-state index is 12.0. The van der Waals surface area contributed by atoms with Crippen molar-refractivity contribution in [3.8, 4) is 0 Å². The van der Waals surface area contributed by atoms with E-state index in [9.17, 15) is 15.0 Å². The summed E-state index contributed by atoms with van der Waals surface area (Å²) in [6, 6.07) is 0. The molecule has 0 amide bonds. The van der Waals surface area contributed by atoms with Crippen LogP contribution in [0.15, 0.2) is 11.6 Å². The van der Waals surface area contributed by atoms with Crippen molar-refractivity contribution >= 4 is 5.97 Å². The third-order valence-electron chi connectivity index (χ3n) is 8.61. The van der Waals surface area contributed by atoms with Gasteiger partial charge in [-0.15, -0.1) is 0 Å². The zero-order valence-electron chi connectivity index (χ0n) is 15.7. The first kappa shape index (κ1) is 17.5. The van der Waals surface area contributed by atoms with E-state index in [1.807, 2.05) is 0 Å². The minimum atomic E-state index is -0.445. The van der Waals surface area contributed by atoms with E-state index in [4.69, 9.17) is 4.74 Å². The zero-order valence-corrected chi connectivity index (χ0v) is 15.7. The molecule has 4 rings (SSSR count). The molecule has 0 aromatic carbocycles. The van der Waals surface area contributed by atoms with Crippen molar-refractivity contribution in [2.24, 2.45) is 34.5 Å². The summed E-state index contributed by atoms with van der Waals surface area (Å²) >= 11 is 0. The number of methoxy groups -OCH3 is 1. The van der Waals surface area contributed by atoms with Crippen molar-refractivity contribution in [3.05, 3.63) is 11.6 Å². The van der Waals surface area contributed by atoms with Crippen LogP contribution in [0.4, 0.5) is 0 Å². The van der Waals surface area contributed by atoms with Crippen molar-refractivity contribution in [1.29, 1.82) is 0 Å². The molecule has 25 heavy (non-hydrogen) atoms. The third-order valence-corrected chi connectivity index (χ3v) is 8.61. The summed E-state index contributed by atoms with van der Waals surface area (Å²) < 4.78 is 4.96. The summed E-state index contributed by atoms with van der Waals surface area (Å²) in [5, 5.41) is 21.5. The molecule has 4 aliphatic carbocycles. The Morgan fingerprint density at radius 2 is 1.88 bits per heavy atom. The molecule has 0 bridgehead atoms. The van der Waals surface area contributed by atoms with Gasteiger partial charge in [0.15, 0.2) is 0 Å². The van der Waals surface area contributed by atoms with Crippen LogP contribution in [-0.4, -0.2) is 35.5 Å². The van der Waals surface area contributed by atoms with Gasteiger partial charge in [-0.2, -0.15) is 0 Å². The lowest BCUT2D eigenvalue weighted by atomic mass is 9.47. The molecule has 0 aliphatic heterocycles. The lowest BCUT2D eigenvalue weighted by Gasteiger charge is -2.58. The number of esters is 1. The normalized spacial score (nSPS) is 51.8. The Labute approximate surface area is 150 Å². The predicted octanol–water partition coefficient (Wildman–Crippen LogP) is 3.07. The number of allylic oxidation sites excluding steroid dienone is 1. The smallest absolute Gasteiger partial charge is 0.308 e. The fourth-order valence-corrected chi connectivity index (χ4v) is 6.99. The van der Waals surface area contributed by atoms with Crippen LogP contribution in [0.25, 0.3) is 0 Å². The van der Waals surface area contributed by atoms with Crippen LogP contribution in [0.2, 0.25) is 0 Å². The molecule has 8 atom stereocenters. The van der Waals surface area contributed by atoms with Crippen LogP contribution < -0.4 is 0 Å². The fraction of sp³-hybridized carbons (Fsp3) is 0.857. The second-order valence-corrected chi connectivity index (χ2v) is 9.49. The summed E-state index contributed by atoms with van der Waals surface area (Å²) in [5.74, 6) is 0.943. The Kier molecular flexibility index (Phi) is 4.08.